The summed E-state index contributed by atoms with van der Waals surface area (Å²) in [4.78, 5) is 0. The van der Waals surface area contributed by atoms with Crippen LogP contribution in [0.15, 0.2) is 23.7 Å². The highest BCUT2D eigenvalue weighted by atomic mass is 28.3. The fraction of sp³-hybridized carbons (Fsp3) is 0.667. The van der Waals surface area contributed by atoms with Crippen LogP contribution in [-0.2, 0) is 0 Å². The third kappa shape index (κ3) is 2.63. The van der Waals surface area contributed by atoms with E-state index in [1.54, 1.807) is 5.47 Å². The van der Waals surface area contributed by atoms with Crippen molar-refractivity contribution in [2.75, 3.05) is 0 Å². The molecule has 0 spiro atoms. The summed E-state index contributed by atoms with van der Waals surface area (Å²) >= 11 is 0. The molecule has 1 aliphatic carbocycles. The molecule has 1 aliphatic rings. The second-order valence-corrected chi connectivity index (χ2v) is 10.8. The van der Waals surface area contributed by atoms with Crippen molar-refractivity contribution in [2.45, 2.75) is 51.7 Å². The molecule has 1 rings (SSSR count). The number of hydrogen-bond acceptors (Lipinski definition) is 0. The lowest BCUT2D eigenvalue weighted by Crippen LogP contribution is -2.25. The molecule has 0 aromatic carbocycles. The van der Waals surface area contributed by atoms with E-state index in [2.05, 4.69) is 51.7 Å². The minimum absolute atomic E-state index is 0.776. The van der Waals surface area contributed by atoms with Crippen molar-refractivity contribution in [3.05, 3.63) is 23.7 Å². The molecule has 0 nitrogen and oxygen atoms in total. The summed E-state index contributed by atoms with van der Waals surface area (Å²) in [5.41, 5.74) is 2.38. The summed E-state index contributed by atoms with van der Waals surface area (Å²) < 4.78 is 0. The van der Waals surface area contributed by atoms with Crippen LogP contribution in [-0.4, -0.2) is 14.8 Å². The van der Waals surface area contributed by atoms with Gasteiger partial charge in [0.25, 0.3) is 0 Å². The van der Waals surface area contributed by atoms with Crippen LogP contribution in [0, 0.1) is 0 Å². The summed E-state index contributed by atoms with van der Waals surface area (Å²) in [6.45, 7) is 12.7. The van der Waals surface area contributed by atoms with E-state index in [-0.39, 0.29) is 0 Å². The zero-order valence-electron chi connectivity index (χ0n) is 10.3. The quantitative estimate of drug-likeness (QED) is 0.603. The highest BCUT2D eigenvalue weighted by Crippen LogP contribution is 2.32. The minimum Gasteiger partial charge on any atom is -0.0859 e. The van der Waals surface area contributed by atoms with Crippen LogP contribution < -0.4 is 0 Å². The molecule has 1 unspecified atom stereocenters. The predicted octanol–water partition coefficient (Wildman–Crippen LogP) is 4.26. The van der Waals surface area contributed by atoms with Crippen molar-refractivity contribution in [2.24, 2.45) is 0 Å². The summed E-state index contributed by atoms with van der Waals surface area (Å²) in [5, 5.41) is 0. The first kappa shape index (κ1) is 11.8. The molecule has 14 heavy (non-hydrogen) atoms. The molecule has 0 saturated carbocycles. The van der Waals surface area contributed by atoms with E-state index in [0.29, 0.717) is 0 Å². The van der Waals surface area contributed by atoms with Crippen molar-refractivity contribution in [3.63, 3.8) is 0 Å². The summed E-state index contributed by atoms with van der Waals surface area (Å²) in [5.74, 6) is 0. The van der Waals surface area contributed by atoms with Gasteiger partial charge in [-0.2, -0.15) is 0 Å². The molecule has 0 heterocycles. The Labute approximate surface area is 90.6 Å². The molecule has 78 valence electrons. The van der Waals surface area contributed by atoms with Gasteiger partial charge < -0.3 is 0 Å². The normalized spacial score (nSPS) is 21.2. The van der Waals surface area contributed by atoms with Gasteiger partial charge in [0.2, 0.25) is 0 Å². The largest absolute Gasteiger partial charge is 0.174 e. The maximum Gasteiger partial charge on any atom is 0.174 e. The first-order valence-electron chi connectivity index (χ1n) is 5.89. The number of rotatable bonds is 4. The van der Waals surface area contributed by atoms with E-state index in [0.717, 1.165) is 12.3 Å². The smallest absolute Gasteiger partial charge is 0.0859 e. The first-order chi connectivity index (χ1) is 6.49. The number of hydrogen-bond donors (Lipinski definition) is 0. The van der Waals surface area contributed by atoms with Gasteiger partial charge in [-0.15, -0.1) is 0 Å². The molecule has 0 radical (unpaired) electrons. The van der Waals surface area contributed by atoms with Crippen LogP contribution in [0.3, 0.4) is 0 Å². The summed E-state index contributed by atoms with van der Waals surface area (Å²) in [7, 11) is -1.00. The Morgan fingerprint density at radius 1 is 1.21 bits per heavy atom. The lowest BCUT2D eigenvalue weighted by Gasteiger charge is -2.21. The number of allylic oxidation sites excluding steroid dienone is 4. The maximum atomic E-state index is 2.53. The molecule has 0 N–H and O–H groups in total. The molecule has 2 heteroatoms. The maximum absolute atomic E-state index is 2.53. The van der Waals surface area contributed by atoms with Crippen molar-refractivity contribution in [3.8, 4) is 0 Å². The van der Waals surface area contributed by atoms with Gasteiger partial charge in [-0.1, -0.05) is 69.8 Å². The summed E-state index contributed by atoms with van der Waals surface area (Å²) in [6.07, 6.45) is 9.90. The van der Waals surface area contributed by atoms with Crippen LogP contribution in [0.2, 0.25) is 37.8 Å². The second-order valence-electron chi connectivity index (χ2n) is 5.43. The van der Waals surface area contributed by atoms with Gasteiger partial charge in [-0.3, -0.25) is 0 Å². The molecule has 0 bridgehead atoms. The van der Waals surface area contributed by atoms with Gasteiger partial charge in [-0.25, -0.2) is 0 Å². The Kier molecular flexibility index (Phi) is 3.82. The zero-order valence-corrected chi connectivity index (χ0v) is 11.3. The van der Waals surface area contributed by atoms with E-state index < -0.39 is 8.07 Å². The molecule has 0 amide bonds. The molecule has 0 aromatic heterocycles. The van der Waals surface area contributed by atoms with E-state index in [9.17, 15) is 0 Å². The predicted molar refractivity (Wildman–Crippen MR) is 71.0 cm³/mol. The third-order valence-electron chi connectivity index (χ3n) is 3.33. The van der Waals surface area contributed by atoms with Gasteiger partial charge in [0.1, 0.15) is 0 Å². The molecule has 0 aromatic rings. The molecule has 0 aliphatic heterocycles. The Bertz CT molecular complexity index is 244. The van der Waals surface area contributed by atoms with Gasteiger partial charge in [0.15, 0.2) is 6.71 Å². The van der Waals surface area contributed by atoms with Gasteiger partial charge >= 0.3 is 0 Å². The van der Waals surface area contributed by atoms with Crippen LogP contribution in [0.5, 0.6) is 0 Å². The lowest BCUT2D eigenvalue weighted by molar-refractivity contribution is 1.28. The Hall–Kier alpha value is -0.238. The van der Waals surface area contributed by atoms with Gasteiger partial charge in [-0.05, 0) is 5.54 Å². The van der Waals surface area contributed by atoms with Crippen LogP contribution in [0.1, 0.15) is 13.8 Å². The lowest BCUT2D eigenvalue weighted by atomic mass is 9.41. The van der Waals surface area contributed by atoms with Gasteiger partial charge in [0, 0.05) is 0 Å². The van der Waals surface area contributed by atoms with E-state index in [1.807, 2.05) is 0 Å². The van der Waals surface area contributed by atoms with E-state index in [1.165, 1.54) is 12.6 Å². The Morgan fingerprint density at radius 2 is 1.79 bits per heavy atom. The monoisotopic (exact) mass is 206 g/mol. The molecule has 0 saturated heterocycles. The Morgan fingerprint density at radius 3 is 2.14 bits per heavy atom. The van der Waals surface area contributed by atoms with Crippen LogP contribution in [0.25, 0.3) is 0 Å². The van der Waals surface area contributed by atoms with Crippen molar-refractivity contribution in [1.82, 2.24) is 0 Å². The highest BCUT2D eigenvalue weighted by molar-refractivity contribution is 6.79. The average molecular weight is 206 g/mol. The fourth-order valence-electron chi connectivity index (χ4n) is 2.10. The second kappa shape index (κ2) is 4.52. The Balaban J connectivity index is 2.73. The minimum atomic E-state index is -1.00. The van der Waals surface area contributed by atoms with E-state index in [4.69, 9.17) is 0 Å². The molecule has 1 atom stereocenters. The van der Waals surface area contributed by atoms with Crippen molar-refractivity contribution in [1.29, 1.82) is 0 Å². The highest BCUT2D eigenvalue weighted by Gasteiger charge is 2.27. The topological polar surface area (TPSA) is 0 Å². The average Bonchev–Trinajstić information content (AvgIpc) is 2.54. The SMILES string of the molecule is CCB(CC)C1=CC([Si](C)(C)C)C=C1. The zero-order chi connectivity index (χ0) is 10.8. The van der Waals surface area contributed by atoms with Crippen molar-refractivity contribution >= 4 is 14.8 Å². The van der Waals surface area contributed by atoms with Crippen LogP contribution in [0.4, 0.5) is 0 Å². The molecule has 0 fully saturated rings. The first-order valence-corrected chi connectivity index (χ1v) is 9.46. The fourth-order valence-corrected chi connectivity index (χ4v) is 3.47. The van der Waals surface area contributed by atoms with Crippen molar-refractivity contribution < 1.29 is 0 Å². The molecular formula is C12H23BSi. The third-order valence-corrected chi connectivity index (χ3v) is 5.68. The van der Waals surface area contributed by atoms with Gasteiger partial charge in [0.05, 0.1) is 8.07 Å². The van der Waals surface area contributed by atoms with E-state index >= 15 is 0 Å². The molecular weight excluding hydrogens is 183 g/mol. The van der Waals surface area contributed by atoms with Crippen LogP contribution >= 0.6 is 0 Å². The summed E-state index contributed by atoms with van der Waals surface area (Å²) in [6, 6.07) is 0. The standard InChI is InChI=1S/C12H23BSi/c1-6-13(7-2)11-8-9-12(10-11)14(3,4)5/h8-10,12H,6-7H2,1-5H3.